The van der Waals surface area contributed by atoms with Gasteiger partial charge in [0, 0.05) is 12.1 Å². The number of nitrogens with one attached hydrogen (secondary N) is 1. The molecular formula is C15H22Cl2N2S. The number of anilines is 1. The summed E-state index contributed by atoms with van der Waals surface area (Å²) in [6.07, 6.45) is 2.07. The van der Waals surface area contributed by atoms with Gasteiger partial charge < -0.3 is 10.2 Å². The van der Waals surface area contributed by atoms with Gasteiger partial charge in [-0.25, -0.2) is 0 Å². The molecule has 0 aliphatic heterocycles. The fourth-order valence-electron chi connectivity index (χ4n) is 2.01. The molecule has 2 unspecified atom stereocenters. The zero-order valence-corrected chi connectivity index (χ0v) is 14.7. The van der Waals surface area contributed by atoms with Gasteiger partial charge in [0.15, 0.2) is 5.11 Å². The first kappa shape index (κ1) is 17.5. The second-order valence-electron chi connectivity index (χ2n) is 4.95. The molecule has 0 spiro atoms. The van der Waals surface area contributed by atoms with Crippen molar-refractivity contribution >= 4 is 46.2 Å². The SMILES string of the molecule is CCC(C)N(C(=S)Nc1cccc(Cl)c1Cl)C(C)CC. The van der Waals surface area contributed by atoms with Gasteiger partial charge in [0.05, 0.1) is 15.7 Å². The minimum absolute atomic E-state index is 0.378. The molecule has 0 fully saturated rings. The molecular weight excluding hydrogens is 311 g/mol. The second-order valence-corrected chi connectivity index (χ2v) is 6.13. The van der Waals surface area contributed by atoms with Crippen molar-refractivity contribution in [3.05, 3.63) is 28.2 Å². The number of rotatable bonds is 5. The minimum Gasteiger partial charge on any atom is -0.344 e. The summed E-state index contributed by atoms with van der Waals surface area (Å²) < 4.78 is 0. The lowest BCUT2D eigenvalue weighted by Gasteiger charge is -2.36. The van der Waals surface area contributed by atoms with Crippen LogP contribution in [0.25, 0.3) is 0 Å². The van der Waals surface area contributed by atoms with Gasteiger partial charge in [0.1, 0.15) is 0 Å². The molecule has 1 rings (SSSR count). The summed E-state index contributed by atoms with van der Waals surface area (Å²) in [5.41, 5.74) is 0.751. The van der Waals surface area contributed by atoms with Crippen LogP contribution in [0.1, 0.15) is 40.5 Å². The van der Waals surface area contributed by atoms with Crippen LogP contribution in [0.4, 0.5) is 5.69 Å². The molecule has 2 atom stereocenters. The van der Waals surface area contributed by atoms with E-state index in [2.05, 4.69) is 37.9 Å². The molecule has 112 valence electrons. The van der Waals surface area contributed by atoms with E-state index in [9.17, 15) is 0 Å². The van der Waals surface area contributed by atoms with E-state index in [0.29, 0.717) is 27.2 Å². The minimum atomic E-state index is 0.378. The van der Waals surface area contributed by atoms with E-state index >= 15 is 0 Å². The molecule has 0 aromatic heterocycles. The maximum absolute atomic E-state index is 6.20. The van der Waals surface area contributed by atoms with Crippen molar-refractivity contribution in [3.63, 3.8) is 0 Å². The average Bonchev–Trinajstić information content (AvgIpc) is 2.43. The first-order chi connectivity index (χ1) is 9.42. The highest BCUT2D eigenvalue weighted by atomic mass is 35.5. The number of nitrogens with zero attached hydrogens (tertiary/aromatic N) is 1. The van der Waals surface area contributed by atoms with Crippen molar-refractivity contribution in [2.75, 3.05) is 5.32 Å². The van der Waals surface area contributed by atoms with Crippen LogP contribution in [-0.4, -0.2) is 22.1 Å². The van der Waals surface area contributed by atoms with Gasteiger partial charge >= 0.3 is 0 Å². The number of halogens is 2. The van der Waals surface area contributed by atoms with Crippen molar-refractivity contribution in [2.24, 2.45) is 0 Å². The Morgan fingerprint density at radius 2 is 1.75 bits per heavy atom. The second kappa shape index (κ2) is 8.06. The summed E-state index contributed by atoms with van der Waals surface area (Å²) in [6.45, 7) is 8.68. The van der Waals surface area contributed by atoms with Gasteiger partial charge in [-0.15, -0.1) is 0 Å². The van der Waals surface area contributed by atoms with Gasteiger partial charge in [0.2, 0.25) is 0 Å². The van der Waals surface area contributed by atoms with Crippen LogP contribution in [0.2, 0.25) is 10.0 Å². The van der Waals surface area contributed by atoms with Crippen LogP contribution in [0.15, 0.2) is 18.2 Å². The molecule has 0 aliphatic carbocycles. The highest BCUT2D eigenvalue weighted by Gasteiger charge is 2.21. The normalized spacial score (nSPS) is 13.7. The Labute approximate surface area is 137 Å². The summed E-state index contributed by atoms with van der Waals surface area (Å²) >= 11 is 17.8. The lowest BCUT2D eigenvalue weighted by Crippen LogP contribution is -2.46. The van der Waals surface area contributed by atoms with Gasteiger partial charge in [-0.05, 0) is 51.0 Å². The lowest BCUT2D eigenvalue weighted by atomic mass is 10.1. The highest BCUT2D eigenvalue weighted by Crippen LogP contribution is 2.30. The monoisotopic (exact) mass is 332 g/mol. The molecule has 1 aromatic rings. The van der Waals surface area contributed by atoms with Crippen LogP contribution < -0.4 is 5.32 Å². The lowest BCUT2D eigenvalue weighted by molar-refractivity contribution is 0.254. The number of thiocarbonyl (C=S) groups is 1. The van der Waals surface area contributed by atoms with E-state index in [1.807, 2.05) is 12.1 Å². The highest BCUT2D eigenvalue weighted by molar-refractivity contribution is 7.80. The summed E-state index contributed by atoms with van der Waals surface area (Å²) in [5, 5.41) is 4.95. The Balaban J connectivity index is 2.93. The number of hydrogen-bond donors (Lipinski definition) is 1. The molecule has 0 saturated carbocycles. The third-order valence-electron chi connectivity index (χ3n) is 3.56. The van der Waals surface area contributed by atoms with Crippen molar-refractivity contribution in [2.45, 2.75) is 52.6 Å². The smallest absolute Gasteiger partial charge is 0.173 e. The van der Waals surface area contributed by atoms with Crippen LogP contribution in [0.5, 0.6) is 0 Å². The molecule has 5 heteroatoms. The zero-order valence-electron chi connectivity index (χ0n) is 12.4. The maximum Gasteiger partial charge on any atom is 0.173 e. The van der Waals surface area contributed by atoms with Crippen LogP contribution in [0, 0.1) is 0 Å². The molecule has 2 nitrogen and oxygen atoms in total. The number of benzene rings is 1. The predicted molar refractivity (Wildman–Crippen MR) is 94.0 cm³/mol. The number of hydrogen-bond acceptors (Lipinski definition) is 1. The van der Waals surface area contributed by atoms with Crippen LogP contribution in [0.3, 0.4) is 0 Å². The van der Waals surface area contributed by atoms with E-state index in [1.165, 1.54) is 0 Å². The third kappa shape index (κ3) is 4.24. The summed E-state index contributed by atoms with van der Waals surface area (Å²) in [7, 11) is 0. The maximum atomic E-state index is 6.20. The molecule has 0 amide bonds. The standard InChI is InChI=1S/C15H22Cl2N2S/c1-5-10(3)19(11(4)6-2)15(20)18-13-9-7-8-12(16)14(13)17/h7-11H,5-6H2,1-4H3,(H,18,20). The van der Waals surface area contributed by atoms with E-state index in [4.69, 9.17) is 35.4 Å². The Kier molecular flexibility index (Phi) is 7.07. The van der Waals surface area contributed by atoms with Crippen LogP contribution in [-0.2, 0) is 0 Å². The van der Waals surface area contributed by atoms with Crippen molar-refractivity contribution < 1.29 is 0 Å². The molecule has 1 aromatic carbocycles. The fourth-order valence-corrected chi connectivity index (χ4v) is 2.83. The predicted octanol–water partition coefficient (Wildman–Crippen LogP) is 5.59. The van der Waals surface area contributed by atoms with Crippen molar-refractivity contribution in [3.8, 4) is 0 Å². The molecule has 20 heavy (non-hydrogen) atoms. The third-order valence-corrected chi connectivity index (χ3v) is 4.69. The molecule has 0 saturated heterocycles. The first-order valence-corrected chi connectivity index (χ1v) is 8.12. The quantitative estimate of drug-likeness (QED) is 0.707. The molecule has 0 bridgehead atoms. The fraction of sp³-hybridized carbons (Fsp3) is 0.533. The van der Waals surface area contributed by atoms with Gasteiger partial charge in [-0.1, -0.05) is 43.1 Å². The van der Waals surface area contributed by atoms with Gasteiger partial charge in [0.25, 0.3) is 0 Å². The molecule has 1 N–H and O–H groups in total. The Bertz CT molecular complexity index is 455. The Hall–Kier alpha value is -0.510. The van der Waals surface area contributed by atoms with Crippen molar-refractivity contribution in [1.82, 2.24) is 4.90 Å². The Morgan fingerprint density at radius 1 is 1.20 bits per heavy atom. The van der Waals surface area contributed by atoms with E-state index in [1.54, 1.807) is 6.07 Å². The van der Waals surface area contributed by atoms with Gasteiger partial charge in [-0.3, -0.25) is 0 Å². The molecule has 0 aliphatic rings. The topological polar surface area (TPSA) is 15.3 Å². The molecule has 0 heterocycles. The average molecular weight is 333 g/mol. The zero-order chi connectivity index (χ0) is 15.3. The van der Waals surface area contributed by atoms with E-state index in [0.717, 1.165) is 18.5 Å². The largest absolute Gasteiger partial charge is 0.344 e. The van der Waals surface area contributed by atoms with Crippen LogP contribution >= 0.6 is 35.4 Å². The summed E-state index contributed by atoms with van der Waals surface area (Å²) in [6, 6.07) is 6.26. The summed E-state index contributed by atoms with van der Waals surface area (Å²) in [5.74, 6) is 0. The van der Waals surface area contributed by atoms with Gasteiger partial charge in [-0.2, -0.15) is 0 Å². The van der Waals surface area contributed by atoms with E-state index in [-0.39, 0.29) is 0 Å². The van der Waals surface area contributed by atoms with E-state index < -0.39 is 0 Å². The Morgan fingerprint density at radius 3 is 2.25 bits per heavy atom. The molecule has 0 radical (unpaired) electrons. The van der Waals surface area contributed by atoms with Crippen molar-refractivity contribution in [1.29, 1.82) is 0 Å². The summed E-state index contributed by atoms with van der Waals surface area (Å²) in [4.78, 5) is 2.23. The first-order valence-electron chi connectivity index (χ1n) is 6.95.